The number of rotatable bonds is 4. The molecule has 0 aliphatic carbocycles. The molecule has 0 spiro atoms. The summed E-state index contributed by atoms with van der Waals surface area (Å²) in [4.78, 5) is 58.2. The highest BCUT2D eigenvalue weighted by Crippen LogP contribution is 2.37. The Morgan fingerprint density at radius 2 is 1.88 bits per heavy atom. The zero-order chi connectivity index (χ0) is 24.1. The molecule has 0 saturated heterocycles. The van der Waals surface area contributed by atoms with Crippen molar-refractivity contribution < 1.29 is 23.8 Å². The lowest BCUT2D eigenvalue weighted by atomic mass is 10.3. The molecule has 4 aromatic rings. The van der Waals surface area contributed by atoms with Crippen LogP contribution in [-0.4, -0.2) is 49.0 Å². The molecule has 1 aromatic carbocycles. The lowest BCUT2D eigenvalue weighted by Gasteiger charge is -2.05. The van der Waals surface area contributed by atoms with E-state index in [2.05, 4.69) is 9.98 Å². The number of benzene rings is 1. The van der Waals surface area contributed by atoms with Crippen LogP contribution < -0.4 is 25.5 Å². The minimum Gasteiger partial charge on any atom is -0.468 e. The fraction of sp³-hybridized carbons (Fsp3) is 0.300. The second kappa shape index (κ2) is 7.98. The molecule has 3 aromatic heterocycles. The van der Waals surface area contributed by atoms with Crippen molar-refractivity contribution in [1.29, 1.82) is 0 Å². The first-order chi connectivity index (χ1) is 16.3. The van der Waals surface area contributed by atoms with E-state index in [0.717, 1.165) is 9.27 Å². The summed E-state index contributed by atoms with van der Waals surface area (Å²) in [6.45, 7) is -0.360. The van der Waals surface area contributed by atoms with E-state index in [1.165, 1.54) is 48.0 Å². The molecule has 34 heavy (non-hydrogen) atoms. The van der Waals surface area contributed by atoms with E-state index in [4.69, 9.17) is 14.2 Å². The zero-order valence-corrected chi connectivity index (χ0v) is 19.1. The minimum atomic E-state index is -0.583. The molecule has 4 heterocycles. The van der Waals surface area contributed by atoms with Crippen LogP contribution in [0, 0.1) is 0 Å². The molecule has 0 N–H and O–H groups in total. The number of thiazole rings is 1. The number of amides is 1. The first kappa shape index (κ1) is 21.6. The first-order valence-electron chi connectivity index (χ1n) is 9.96. The molecule has 0 saturated carbocycles. The fourth-order valence-electron chi connectivity index (χ4n) is 3.70. The van der Waals surface area contributed by atoms with Gasteiger partial charge in [0.1, 0.15) is 13.1 Å². The van der Waals surface area contributed by atoms with Crippen LogP contribution in [-0.2, 0) is 41.5 Å². The fourth-order valence-corrected chi connectivity index (χ4v) is 4.75. The van der Waals surface area contributed by atoms with Crippen LogP contribution in [0.25, 0.3) is 21.4 Å². The lowest BCUT2D eigenvalue weighted by Crippen LogP contribution is -2.37. The van der Waals surface area contributed by atoms with Crippen LogP contribution in [0.3, 0.4) is 0 Å². The van der Waals surface area contributed by atoms with Gasteiger partial charge in [0.05, 0.1) is 23.7 Å². The molecule has 0 unspecified atom stereocenters. The van der Waals surface area contributed by atoms with Gasteiger partial charge in [0.25, 0.3) is 11.5 Å². The van der Waals surface area contributed by atoms with Crippen molar-refractivity contribution in [2.24, 2.45) is 19.1 Å². The Morgan fingerprint density at radius 3 is 2.62 bits per heavy atom. The highest BCUT2D eigenvalue weighted by Gasteiger charge is 2.20. The van der Waals surface area contributed by atoms with Gasteiger partial charge in [-0.15, -0.1) is 0 Å². The van der Waals surface area contributed by atoms with E-state index >= 15 is 0 Å². The average molecular weight is 486 g/mol. The van der Waals surface area contributed by atoms with Gasteiger partial charge >= 0.3 is 11.7 Å². The molecule has 0 fully saturated rings. The van der Waals surface area contributed by atoms with E-state index in [1.54, 1.807) is 16.7 Å². The van der Waals surface area contributed by atoms with E-state index in [1.807, 2.05) is 0 Å². The van der Waals surface area contributed by atoms with Crippen LogP contribution in [0.5, 0.6) is 11.5 Å². The normalized spacial score (nSPS) is 13.2. The molecule has 13 nitrogen and oxygen atoms in total. The Labute approximate surface area is 193 Å². The summed E-state index contributed by atoms with van der Waals surface area (Å²) in [6, 6.07) is 3.47. The van der Waals surface area contributed by atoms with Crippen molar-refractivity contribution in [2.45, 2.75) is 13.1 Å². The number of methoxy groups -OCH3 is 1. The van der Waals surface area contributed by atoms with E-state index in [9.17, 15) is 19.2 Å². The number of aromatic nitrogens is 5. The number of fused-ring (bicyclic) bond motifs is 3. The van der Waals surface area contributed by atoms with Crippen LogP contribution in [0.1, 0.15) is 0 Å². The highest BCUT2D eigenvalue weighted by molar-refractivity contribution is 7.16. The maximum atomic E-state index is 12.9. The van der Waals surface area contributed by atoms with Crippen molar-refractivity contribution in [1.82, 2.24) is 23.3 Å². The van der Waals surface area contributed by atoms with Gasteiger partial charge in [-0.05, 0) is 0 Å². The molecule has 5 rings (SSSR count). The summed E-state index contributed by atoms with van der Waals surface area (Å²) >= 11 is 1.19. The molecular formula is C20H18N6O7S. The van der Waals surface area contributed by atoms with E-state index < -0.39 is 23.1 Å². The van der Waals surface area contributed by atoms with Crippen molar-refractivity contribution in [2.75, 3.05) is 13.9 Å². The molecule has 1 aliphatic heterocycles. The van der Waals surface area contributed by atoms with Crippen molar-refractivity contribution in [3.05, 3.63) is 44.1 Å². The number of imidazole rings is 1. The summed E-state index contributed by atoms with van der Waals surface area (Å²) in [5, 5.41) is 0. The smallest absolute Gasteiger partial charge is 0.332 e. The number of esters is 1. The molecule has 1 amide bonds. The molecule has 0 bridgehead atoms. The monoisotopic (exact) mass is 486 g/mol. The average Bonchev–Trinajstić information content (AvgIpc) is 3.52. The van der Waals surface area contributed by atoms with Crippen LogP contribution in [0.4, 0.5) is 0 Å². The SMILES string of the molecule is COC(=O)Cn1c(=NC(=O)Cn2cnc3c2c(=O)n(C)c(=O)n3C)sc2cc3c(cc21)OCO3. The zero-order valence-electron chi connectivity index (χ0n) is 18.3. The molecule has 0 radical (unpaired) electrons. The summed E-state index contributed by atoms with van der Waals surface area (Å²) in [5.41, 5.74) is -0.188. The predicted octanol–water partition coefficient (Wildman–Crippen LogP) is -0.521. The molecule has 176 valence electrons. The second-order valence-electron chi connectivity index (χ2n) is 7.48. The minimum absolute atomic E-state index is 0.100. The quantitative estimate of drug-likeness (QED) is 0.351. The number of carbonyl (C=O) groups is 2. The summed E-state index contributed by atoms with van der Waals surface area (Å²) in [6.07, 6.45) is 1.31. The highest BCUT2D eigenvalue weighted by atomic mass is 32.1. The molecule has 1 aliphatic rings. The standard InChI is InChI=1S/C20H18N6O7S/c1-23-17-16(18(29)24(2)20(23)30)25(8-21-17)6-14(27)22-19-26(7-15(28)31-3)10-4-11-12(33-9-32-11)5-13(10)34-19/h4-5,8H,6-7,9H2,1-3H3. The number of hydrogen-bond donors (Lipinski definition) is 0. The van der Waals surface area contributed by atoms with Gasteiger partial charge in [-0.1, -0.05) is 11.3 Å². The topological polar surface area (TPSA) is 141 Å². The van der Waals surface area contributed by atoms with Crippen LogP contribution in [0.15, 0.2) is 33.0 Å². The van der Waals surface area contributed by atoms with Crippen molar-refractivity contribution >= 4 is 44.6 Å². The largest absolute Gasteiger partial charge is 0.468 e. The predicted molar refractivity (Wildman–Crippen MR) is 119 cm³/mol. The van der Waals surface area contributed by atoms with Gasteiger partial charge in [-0.25, -0.2) is 9.78 Å². The third kappa shape index (κ3) is 3.39. The van der Waals surface area contributed by atoms with Gasteiger partial charge < -0.3 is 23.3 Å². The summed E-state index contributed by atoms with van der Waals surface area (Å²) in [7, 11) is 4.11. The Bertz CT molecular complexity index is 1690. The molecule has 14 heteroatoms. The van der Waals surface area contributed by atoms with E-state index in [-0.39, 0.29) is 35.8 Å². The number of hydrogen-bond acceptors (Lipinski definition) is 9. The number of ether oxygens (including phenoxy) is 3. The third-order valence-corrected chi connectivity index (χ3v) is 6.48. The number of nitrogens with zero attached hydrogens (tertiary/aromatic N) is 6. The van der Waals surface area contributed by atoms with Gasteiger partial charge in [-0.2, -0.15) is 4.99 Å². The van der Waals surface area contributed by atoms with Gasteiger partial charge in [0, 0.05) is 26.2 Å². The van der Waals surface area contributed by atoms with E-state index in [0.29, 0.717) is 17.0 Å². The van der Waals surface area contributed by atoms with Crippen molar-refractivity contribution in [3.8, 4) is 11.5 Å². The van der Waals surface area contributed by atoms with Gasteiger partial charge in [0.2, 0.25) is 6.79 Å². The Balaban J connectivity index is 1.59. The number of aryl methyl sites for hydroxylation is 1. The Morgan fingerprint density at radius 1 is 1.15 bits per heavy atom. The summed E-state index contributed by atoms with van der Waals surface area (Å²) < 4.78 is 21.4. The third-order valence-electron chi connectivity index (χ3n) is 5.44. The van der Waals surface area contributed by atoms with Gasteiger partial charge in [-0.3, -0.25) is 23.5 Å². The Kier molecular flexibility index (Phi) is 5.08. The lowest BCUT2D eigenvalue weighted by molar-refractivity contribution is -0.141. The van der Waals surface area contributed by atoms with Crippen LogP contribution >= 0.6 is 11.3 Å². The maximum Gasteiger partial charge on any atom is 0.332 e. The molecular weight excluding hydrogens is 468 g/mol. The molecule has 0 atom stereocenters. The Hall–Kier alpha value is -4.20. The maximum absolute atomic E-state index is 12.9. The van der Waals surface area contributed by atoms with Crippen LogP contribution in [0.2, 0.25) is 0 Å². The van der Waals surface area contributed by atoms with Crippen molar-refractivity contribution in [3.63, 3.8) is 0 Å². The second-order valence-corrected chi connectivity index (χ2v) is 8.49. The van der Waals surface area contributed by atoms with Gasteiger partial charge in [0.15, 0.2) is 27.5 Å². The first-order valence-corrected chi connectivity index (χ1v) is 10.8. The number of carbonyl (C=O) groups excluding carboxylic acids is 2. The summed E-state index contributed by atoms with van der Waals surface area (Å²) in [5.74, 6) is -0.0203.